The lowest BCUT2D eigenvalue weighted by atomic mass is 10.1. The quantitative estimate of drug-likeness (QED) is 0.288. The monoisotopic (exact) mass is 536 g/mol. The van der Waals surface area contributed by atoms with Crippen molar-refractivity contribution in [3.05, 3.63) is 83.9 Å². The summed E-state index contributed by atoms with van der Waals surface area (Å²) in [5.74, 6) is -1.07. The van der Waals surface area contributed by atoms with Crippen LogP contribution in [0.3, 0.4) is 0 Å². The number of benzene rings is 2. The number of nitrogens with zero attached hydrogens (tertiary/aromatic N) is 1. The van der Waals surface area contributed by atoms with Crippen LogP contribution in [0.2, 0.25) is 0 Å². The SMILES string of the molecule is C[C@H](N)C(=O)N[C@H](C(=O)N1CCCC1/C=C/C(=O)N[C@H](CO)Cc1ccccc1)[C@@H](C)OCc1ccccc1. The summed E-state index contributed by atoms with van der Waals surface area (Å²) in [4.78, 5) is 40.4. The number of likely N-dealkylation sites (tertiary alicyclic amines) is 1. The van der Waals surface area contributed by atoms with Gasteiger partial charge in [-0.25, -0.2) is 0 Å². The predicted molar refractivity (Wildman–Crippen MR) is 149 cm³/mol. The van der Waals surface area contributed by atoms with Crippen molar-refractivity contribution < 1.29 is 24.2 Å². The van der Waals surface area contributed by atoms with E-state index in [9.17, 15) is 19.5 Å². The number of nitrogens with two attached hydrogens (primary N) is 1. The lowest BCUT2D eigenvalue weighted by Gasteiger charge is -2.31. The van der Waals surface area contributed by atoms with Crippen molar-refractivity contribution in [1.29, 1.82) is 0 Å². The highest BCUT2D eigenvalue weighted by Crippen LogP contribution is 2.21. The molecule has 1 unspecified atom stereocenters. The van der Waals surface area contributed by atoms with Crippen LogP contribution in [-0.4, -0.2) is 71.2 Å². The maximum Gasteiger partial charge on any atom is 0.248 e. The fourth-order valence-electron chi connectivity index (χ4n) is 4.52. The van der Waals surface area contributed by atoms with Crippen molar-refractivity contribution in [1.82, 2.24) is 15.5 Å². The molecule has 0 aliphatic carbocycles. The Labute approximate surface area is 230 Å². The smallest absolute Gasteiger partial charge is 0.248 e. The van der Waals surface area contributed by atoms with Gasteiger partial charge in [0.05, 0.1) is 37.4 Å². The van der Waals surface area contributed by atoms with Gasteiger partial charge in [-0.05, 0) is 44.2 Å². The normalized spacial score (nSPS) is 18.4. The van der Waals surface area contributed by atoms with E-state index in [2.05, 4.69) is 10.6 Å². The van der Waals surface area contributed by atoms with E-state index in [4.69, 9.17) is 10.5 Å². The molecule has 210 valence electrons. The van der Waals surface area contributed by atoms with E-state index in [1.807, 2.05) is 60.7 Å². The first-order valence-electron chi connectivity index (χ1n) is 13.4. The van der Waals surface area contributed by atoms with Gasteiger partial charge in [0.15, 0.2) is 0 Å². The lowest BCUT2D eigenvalue weighted by molar-refractivity contribution is -0.141. The number of amides is 3. The number of carbonyl (C=O) groups excluding carboxylic acids is 3. The first-order chi connectivity index (χ1) is 18.8. The van der Waals surface area contributed by atoms with E-state index in [1.165, 1.54) is 6.08 Å². The highest BCUT2D eigenvalue weighted by atomic mass is 16.5. The van der Waals surface area contributed by atoms with Crippen LogP contribution in [0.4, 0.5) is 0 Å². The number of hydrogen-bond acceptors (Lipinski definition) is 6. The maximum atomic E-state index is 13.7. The molecule has 0 saturated carbocycles. The molecule has 0 radical (unpaired) electrons. The van der Waals surface area contributed by atoms with Crippen LogP contribution < -0.4 is 16.4 Å². The highest BCUT2D eigenvalue weighted by molar-refractivity contribution is 5.91. The molecule has 3 amide bonds. The van der Waals surface area contributed by atoms with E-state index in [1.54, 1.807) is 24.8 Å². The summed E-state index contributed by atoms with van der Waals surface area (Å²) in [6, 6.07) is 16.8. The number of hydrogen-bond donors (Lipinski definition) is 4. The zero-order chi connectivity index (χ0) is 28.2. The molecule has 9 heteroatoms. The summed E-state index contributed by atoms with van der Waals surface area (Å²) < 4.78 is 5.98. The maximum absolute atomic E-state index is 13.7. The van der Waals surface area contributed by atoms with Gasteiger partial charge < -0.3 is 31.1 Å². The Bertz CT molecular complexity index is 1090. The van der Waals surface area contributed by atoms with Crippen LogP contribution >= 0.6 is 0 Å². The molecule has 5 atom stereocenters. The summed E-state index contributed by atoms with van der Waals surface area (Å²) in [6.45, 7) is 3.91. The van der Waals surface area contributed by atoms with Crippen molar-refractivity contribution >= 4 is 17.7 Å². The van der Waals surface area contributed by atoms with Crippen LogP contribution in [0.25, 0.3) is 0 Å². The van der Waals surface area contributed by atoms with E-state index in [-0.39, 0.29) is 24.5 Å². The van der Waals surface area contributed by atoms with Crippen molar-refractivity contribution in [2.75, 3.05) is 13.2 Å². The molecule has 39 heavy (non-hydrogen) atoms. The van der Waals surface area contributed by atoms with Gasteiger partial charge in [-0.3, -0.25) is 14.4 Å². The first-order valence-corrected chi connectivity index (χ1v) is 13.4. The Kier molecular flexibility index (Phi) is 11.7. The number of carbonyl (C=O) groups is 3. The molecule has 0 aromatic heterocycles. The third-order valence-corrected chi connectivity index (χ3v) is 6.75. The summed E-state index contributed by atoms with van der Waals surface area (Å²) in [5.41, 5.74) is 7.72. The van der Waals surface area contributed by atoms with E-state index in [0.717, 1.165) is 17.5 Å². The molecule has 9 nitrogen and oxygen atoms in total. The minimum absolute atomic E-state index is 0.190. The second kappa shape index (κ2) is 15.2. The van der Waals surface area contributed by atoms with Gasteiger partial charge in [-0.15, -0.1) is 0 Å². The zero-order valence-corrected chi connectivity index (χ0v) is 22.7. The number of aliphatic hydroxyl groups excluding tert-OH is 1. The molecule has 1 heterocycles. The second-order valence-electron chi connectivity index (χ2n) is 9.95. The van der Waals surface area contributed by atoms with Crippen molar-refractivity contribution in [3.63, 3.8) is 0 Å². The summed E-state index contributed by atoms with van der Waals surface area (Å²) >= 11 is 0. The van der Waals surface area contributed by atoms with Gasteiger partial charge >= 0.3 is 0 Å². The number of ether oxygens (including phenoxy) is 1. The zero-order valence-electron chi connectivity index (χ0n) is 22.7. The molecule has 1 saturated heterocycles. The molecular weight excluding hydrogens is 496 g/mol. The van der Waals surface area contributed by atoms with E-state index < -0.39 is 30.1 Å². The molecule has 1 aliphatic rings. The standard InChI is InChI=1S/C30H40N4O5/c1-21(31)29(37)33-28(22(2)39-20-24-12-7-4-8-13-24)30(38)34-17-9-14-26(34)15-16-27(36)32-25(19-35)18-23-10-5-3-6-11-23/h3-8,10-13,15-16,21-22,25-26,28,35H,9,14,17-20,31H2,1-2H3,(H,32,36)(H,33,37)/b16-15+/t21-,22+,25-,26?,28-/m0/s1. The Morgan fingerprint density at radius 2 is 1.69 bits per heavy atom. The minimum atomic E-state index is -0.931. The molecule has 1 aliphatic heterocycles. The van der Waals surface area contributed by atoms with Gasteiger partial charge in [0, 0.05) is 12.6 Å². The highest BCUT2D eigenvalue weighted by Gasteiger charge is 2.36. The lowest BCUT2D eigenvalue weighted by Crippen LogP contribution is -2.57. The molecule has 0 bridgehead atoms. The van der Waals surface area contributed by atoms with Crippen LogP contribution in [0.1, 0.15) is 37.8 Å². The molecule has 2 aromatic rings. The Balaban J connectivity index is 1.64. The Morgan fingerprint density at radius 1 is 1.05 bits per heavy atom. The van der Waals surface area contributed by atoms with Crippen molar-refractivity contribution in [2.24, 2.45) is 5.73 Å². The van der Waals surface area contributed by atoms with E-state index in [0.29, 0.717) is 26.0 Å². The van der Waals surface area contributed by atoms with Crippen molar-refractivity contribution in [2.45, 2.75) is 70.0 Å². The average molecular weight is 537 g/mol. The molecule has 1 fully saturated rings. The fourth-order valence-corrected chi connectivity index (χ4v) is 4.52. The van der Waals surface area contributed by atoms with Crippen LogP contribution in [0, 0.1) is 0 Å². The number of nitrogens with one attached hydrogen (secondary N) is 2. The Morgan fingerprint density at radius 3 is 2.31 bits per heavy atom. The fraction of sp³-hybridized carbons (Fsp3) is 0.433. The van der Waals surface area contributed by atoms with Gasteiger partial charge in [-0.2, -0.15) is 0 Å². The number of aliphatic hydroxyl groups is 1. The summed E-state index contributed by atoms with van der Waals surface area (Å²) in [6.07, 6.45) is 4.47. The molecule has 2 aromatic carbocycles. The van der Waals surface area contributed by atoms with Crippen molar-refractivity contribution in [3.8, 4) is 0 Å². The third-order valence-electron chi connectivity index (χ3n) is 6.75. The van der Waals surface area contributed by atoms with E-state index >= 15 is 0 Å². The molecule has 5 N–H and O–H groups in total. The summed E-state index contributed by atoms with van der Waals surface area (Å²) in [7, 11) is 0. The molecular formula is C30H40N4O5. The second-order valence-corrected chi connectivity index (χ2v) is 9.95. The van der Waals surface area contributed by atoms with Gasteiger partial charge in [0.1, 0.15) is 6.04 Å². The van der Waals surface area contributed by atoms with Crippen LogP contribution in [0.15, 0.2) is 72.8 Å². The molecule has 3 rings (SSSR count). The average Bonchev–Trinajstić information content (AvgIpc) is 3.42. The van der Waals surface area contributed by atoms with Gasteiger partial charge in [0.25, 0.3) is 0 Å². The summed E-state index contributed by atoms with van der Waals surface area (Å²) in [5, 5.41) is 15.3. The third kappa shape index (κ3) is 9.31. The van der Waals surface area contributed by atoms with Gasteiger partial charge in [0.2, 0.25) is 17.7 Å². The van der Waals surface area contributed by atoms with Crippen LogP contribution in [-0.2, 0) is 32.1 Å². The largest absolute Gasteiger partial charge is 0.394 e. The number of rotatable bonds is 13. The minimum Gasteiger partial charge on any atom is -0.394 e. The predicted octanol–water partition coefficient (Wildman–Crippen LogP) is 1.69. The van der Waals surface area contributed by atoms with Crippen LogP contribution in [0.5, 0.6) is 0 Å². The topological polar surface area (TPSA) is 134 Å². The molecule has 0 spiro atoms. The first kappa shape index (κ1) is 30.0. The van der Waals surface area contributed by atoms with Gasteiger partial charge in [-0.1, -0.05) is 66.7 Å². The Hall–Kier alpha value is -3.53.